The van der Waals surface area contributed by atoms with Crippen molar-refractivity contribution in [1.82, 2.24) is 9.88 Å². The molecule has 0 aromatic carbocycles. The highest BCUT2D eigenvalue weighted by Crippen LogP contribution is 2.25. The highest BCUT2D eigenvalue weighted by atomic mass is 35.5. The first-order valence-corrected chi connectivity index (χ1v) is 6.20. The normalized spacial score (nSPS) is 14.1. The summed E-state index contributed by atoms with van der Waals surface area (Å²) in [6.07, 6.45) is 0. The molecule has 0 fully saturated rings. The molecular formula is C13H22ClN3. The lowest BCUT2D eigenvalue weighted by Crippen LogP contribution is -2.39. The quantitative estimate of drug-likeness (QED) is 0.902. The molecule has 4 heteroatoms. The van der Waals surface area contributed by atoms with Crippen molar-refractivity contribution in [3.05, 3.63) is 22.8 Å². The summed E-state index contributed by atoms with van der Waals surface area (Å²) in [5.74, 6) is 0.515. The predicted octanol–water partition coefficient (Wildman–Crippen LogP) is 3.18. The molecular weight excluding hydrogens is 234 g/mol. The zero-order valence-corrected chi connectivity index (χ0v) is 12.0. The van der Waals surface area contributed by atoms with Crippen molar-refractivity contribution in [2.45, 2.75) is 40.3 Å². The maximum Gasteiger partial charge on any atom is 0.123 e. The molecule has 0 radical (unpaired) electrons. The Morgan fingerprint density at radius 1 is 1.41 bits per heavy atom. The van der Waals surface area contributed by atoms with Crippen molar-refractivity contribution in [3.8, 4) is 0 Å². The van der Waals surface area contributed by atoms with Crippen LogP contribution in [0.25, 0.3) is 0 Å². The number of anilines is 1. The Hall–Kier alpha value is -0.800. The van der Waals surface area contributed by atoms with E-state index in [4.69, 9.17) is 17.3 Å². The summed E-state index contributed by atoms with van der Waals surface area (Å²) >= 11 is 6.11. The number of rotatable bonds is 3. The molecule has 0 aliphatic carbocycles. The minimum Gasteiger partial charge on any atom is -0.384 e. The Morgan fingerprint density at radius 3 is 2.53 bits per heavy atom. The largest absolute Gasteiger partial charge is 0.384 e. The molecule has 1 heterocycles. The maximum absolute atomic E-state index is 6.11. The van der Waals surface area contributed by atoms with Crippen LogP contribution in [0.1, 0.15) is 33.4 Å². The summed E-state index contributed by atoms with van der Waals surface area (Å²) in [5.41, 5.74) is 6.74. The summed E-state index contributed by atoms with van der Waals surface area (Å²) in [7, 11) is 2.08. The molecule has 17 heavy (non-hydrogen) atoms. The second kappa shape index (κ2) is 5.23. The Morgan fingerprint density at radius 2 is 2.00 bits per heavy atom. The van der Waals surface area contributed by atoms with E-state index in [0.29, 0.717) is 23.4 Å². The maximum atomic E-state index is 6.11. The van der Waals surface area contributed by atoms with Gasteiger partial charge in [0.2, 0.25) is 0 Å². The summed E-state index contributed by atoms with van der Waals surface area (Å²) in [5, 5.41) is 0.673. The van der Waals surface area contributed by atoms with Crippen LogP contribution < -0.4 is 5.73 Å². The first-order valence-electron chi connectivity index (χ1n) is 5.83. The van der Waals surface area contributed by atoms with E-state index in [-0.39, 0.29) is 5.41 Å². The minimum atomic E-state index is 0.224. The van der Waals surface area contributed by atoms with Crippen molar-refractivity contribution < 1.29 is 0 Å². The molecule has 1 rings (SSSR count). The van der Waals surface area contributed by atoms with Crippen LogP contribution in [0.2, 0.25) is 5.02 Å². The predicted molar refractivity (Wildman–Crippen MR) is 74.0 cm³/mol. The Kier molecular flexibility index (Phi) is 4.39. The van der Waals surface area contributed by atoms with Gasteiger partial charge in [0, 0.05) is 12.6 Å². The van der Waals surface area contributed by atoms with E-state index in [9.17, 15) is 0 Å². The fourth-order valence-corrected chi connectivity index (χ4v) is 1.81. The molecule has 3 nitrogen and oxygen atoms in total. The Labute approximate surface area is 109 Å². The first kappa shape index (κ1) is 14.3. The standard InChI is InChI=1S/C13H22ClN3/c1-9(13(2,3)4)17(5)8-11-10(14)6-7-12(15)16-11/h6-7,9H,8H2,1-5H3,(H2,15,16). The van der Waals surface area contributed by atoms with Crippen LogP contribution in [0.15, 0.2) is 12.1 Å². The van der Waals surface area contributed by atoms with Gasteiger partial charge in [-0.1, -0.05) is 32.4 Å². The molecule has 1 atom stereocenters. The van der Waals surface area contributed by atoms with E-state index >= 15 is 0 Å². The number of hydrogen-bond acceptors (Lipinski definition) is 3. The molecule has 0 saturated carbocycles. The van der Waals surface area contributed by atoms with E-state index in [0.717, 1.165) is 5.69 Å². The van der Waals surface area contributed by atoms with Gasteiger partial charge in [-0.3, -0.25) is 4.90 Å². The smallest absolute Gasteiger partial charge is 0.123 e. The number of nitrogens with zero attached hydrogens (tertiary/aromatic N) is 2. The van der Waals surface area contributed by atoms with Gasteiger partial charge in [0.1, 0.15) is 5.82 Å². The Bertz CT molecular complexity index is 385. The van der Waals surface area contributed by atoms with E-state index in [1.54, 1.807) is 12.1 Å². The first-order chi connectivity index (χ1) is 7.71. The number of halogens is 1. The second-order valence-corrected chi connectivity index (χ2v) is 6.03. The van der Waals surface area contributed by atoms with Crippen LogP contribution in [-0.4, -0.2) is 23.0 Å². The average molecular weight is 256 g/mol. The van der Waals surface area contributed by atoms with E-state index in [1.165, 1.54) is 0 Å². The summed E-state index contributed by atoms with van der Waals surface area (Å²) in [4.78, 5) is 6.53. The summed E-state index contributed by atoms with van der Waals surface area (Å²) in [6.45, 7) is 9.59. The Balaban J connectivity index is 2.81. The van der Waals surface area contributed by atoms with Gasteiger partial charge < -0.3 is 5.73 Å². The van der Waals surface area contributed by atoms with Gasteiger partial charge >= 0.3 is 0 Å². The topological polar surface area (TPSA) is 42.2 Å². The highest BCUT2D eigenvalue weighted by Gasteiger charge is 2.24. The van der Waals surface area contributed by atoms with Crippen LogP contribution in [0, 0.1) is 5.41 Å². The van der Waals surface area contributed by atoms with Gasteiger partial charge in [-0.25, -0.2) is 4.98 Å². The van der Waals surface area contributed by atoms with Crippen LogP contribution in [-0.2, 0) is 6.54 Å². The molecule has 0 bridgehead atoms. The van der Waals surface area contributed by atoms with Crippen LogP contribution in [0.4, 0.5) is 5.82 Å². The molecule has 0 amide bonds. The second-order valence-electron chi connectivity index (χ2n) is 5.62. The number of nitrogen functional groups attached to an aromatic ring is 1. The van der Waals surface area contributed by atoms with Crippen molar-refractivity contribution in [3.63, 3.8) is 0 Å². The third-order valence-electron chi connectivity index (χ3n) is 3.25. The molecule has 0 saturated heterocycles. The summed E-state index contributed by atoms with van der Waals surface area (Å²) in [6, 6.07) is 3.95. The molecule has 1 aromatic rings. The molecule has 96 valence electrons. The lowest BCUT2D eigenvalue weighted by atomic mass is 9.87. The zero-order valence-electron chi connectivity index (χ0n) is 11.3. The lowest BCUT2D eigenvalue weighted by Gasteiger charge is -2.35. The van der Waals surface area contributed by atoms with Gasteiger partial charge in [0.05, 0.1) is 10.7 Å². The SMILES string of the molecule is CC(N(C)Cc1nc(N)ccc1Cl)C(C)(C)C. The van der Waals surface area contributed by atoms with E-state index in [2.05, 4.69) is 44.6 Å². The number of nitrogens with two attached hydrogens (primary N) is 1. The van der Waals surface area contributed by atoms with Crippen molar-refractivity contribution >= 4 is 17.4 Å². The van der Waals surface area contributed by atoms with Gasteiger partial charge in [-0.2, -0.15) is 0 Å². The highest BCUT2D eigenvalue weighted by molar-refractivity contribution is 6.31. The molecule has 2 N–H and O–H groups in total. The van der Waals surface area contributed by atoms with Crippen LogP contribution >= 0.6 is 11.6 Å². The van der Waals surface area contributed by atoms with E-state index < -0.39 is 0 Å². The van der Waals surface area contributed by atoms with Gasteiger partial charge in [0.25, 0.3) is 0 Å². The fourth-order valence-electron chi connectivity index (χ4n) is 1.65. The lowest BCUT2D eigenvalue weighted by molar-refractivity contribution is 0.133. The van der Waals surface area contributed by atoms with Crippen molar-refractivity contribution in [2.75, 3.05) is 12.8 Å². The molecule has 1 aromatic heterocycles. The molecule has 0 aliphatic heterocycles. The zero-order chi connectivity index (χ0) is 13.2. The van der Waals surface area contributed by atoms with Gasteiger partial charge in [0.15, 0.2) is 0 Å². The van der Waals surface area contributed by atoms with Crippen LogP contribution in [0.3, 0.4) is 0 Å². The molecule has 1 unspecified atom stereocenters. The van der Waals surface area contributed by atoms with Gasteiger partial charge in [-0.15, -0.1) is 0 Å². The van der Waals surface area contributed by atoms with Crippen molar-refractivity contribution in [1.29, 1.82) is 0 Å². The van der Waals surface area contributed by atoms with Gasteiger partial charge in [-0.05, 0) is 31.5 Å². The molecule has 0 spiro atoms. The average Bonchev–Trinajstić information content (AvgIpc) is 2.21. The monoisotopic (exact) mass is 255 g/mol. The number of aromatic nitrogens is 1. The number of pyridine rings is 1. The third kappa shape index (κ3) is 3.86. The van der Waals surface area contributed by atoms with Crippen LogP contribution in [0.5, 0.6) is 0 Å². The fraction of sp³-hybridized carbons (Fsp3) is 0.615. The van der Waals surface area contributed by atoms with Crippen molar-refractivity contribution in [2.24, 2.45) is 5.41 Å². The minimum absolute atomic E-state index is 0.224. The summed E-state index contributed by atoms with van der Waals surface area (Å²) < 4.78 is 0. The van der Waals surface area contributed by atoms with E-state index in [1.807, 2.05) is 0 Å². The molecule has 0 aliphatic rings. The number of hydrogen-bond donors (Lipinski definition) is 1. The third-order valence-corrected chi connectivity index (χ3v) is 3.60.